The number of ether oxygens (including phenoxy) is 2. The molecule has 0 aromatic heterocycles. The number of hydrogen-bond donors (Lipinski definition) is 1. The summed E-state index contributed by atoms with van der Waals surface area (Å²) in [5, 5.41) is 0.673. The Labute approximate surface area is 301 Å². The Morgan fingerprint density at radius 2 is 1.84 bits per heavy atom. The van der Waals surface area contributed by atoms with Crippen molar-refractivity contribution in [3.05, 3.63) is 70.3 Å². The molecule has 6 atom stereocenters. The number of likely N-dealkylation sites (N-methyl/N-ethyl adjacent to an activating group) is 2. The van der Waals surface area contributed by atoms with Crippen LogP contribution in [0.1, 0.15) is 73.4 Å². The number of allylic oxidation sites excluding steroid dienone is 1. The first kappa shape index (κ1) is 36.4. The molecule has 8 nitrogen and oxygen atoms in total. The highest BCUT2D eigenvalue weighted by atomic mass is 35.5. The highest BCUT2D eigenvalue weighted by molar-refractivity contribution is 7.84. The number of benzene rings is 2. The molecule has 2 aromatic rings. The van der Waals surface area contributed by atoms with Gasteiger partial charge in [0.15, 0.2) is 0 Å². The second-order valence-electron chi connectivity index (χ2n) is 14.9. The van der Waals surface area contributed by atoms with Gasteiger partial charge in [-0.2, -0.15) is 0 Å². The number of halogens is 1. The number of nitrogens with zero attached hydrogens (tertiary/aromatic N) is 3. The molecule has 0 radical (unpaired) electrons. The number of hydrogen-bond acceptors (Lipinski definition) is 7. The Balaban J connectivity index is 0.000000459. The minimum atomic E-state index is -1.46. The SMILES string of the molecule is CCC1CC/C=C/C(OC)C2CCC2CN2C[C@@]3(CCCc4cc(Cl)ccc43)COc3ccc(cc32)C(=O)NS1=O.CN1CCN(C)CC1. The van der Waals surface area contributed by atoms with Gasteiger partial charge in [0.25, 0.3) is 5.91 Å². The maximum absolute atomic E-state index is 13.3. The molecule has 268 valence electrons. The Morgan fingerprint density at radius 1 is 1.06 bits per heavy atom. The summed E-state index contributed by atoms with van der Waals surface area (Å²) in [7, 11) is 4.69. The lowest BCUT2D eigenvalue weighted by atomic mass is 9.68. The Bertz CT molecular complexity index is 1500. The number of carbonyl (C=O) groups excluding carboxylic acids is 1. The largest absolute Gasteiger partial charge is 0.490 e. The summed E-state index contributed by atoms with van der Waals surface area (Å²) in [5.74, 6) is 1.41. The van der Waals surface area contributed by atoms with E-state index in [9.17, 15) is 9.00 Å². The Kier molecular flexibility index (Phi) is 12.1. The molecule has 1 spiro atoms. The van der Waals surface area contributed by atoms with E-state index in [2.05, 4.69) is 57.8 Å². The summed E-state index contributed by atoms with van der Waals surface area (Å²) in [4.78, 5) is 20.5. The lowest BCUT2D eigenvalue weighted by Gasteiger charge is -2.46. The van der Waals surface area contributed by atoms with Crippen molar-refractivity contribution >= 4 is 34.2 Å². The number of nitrogens with one attached hydrogen (secondary N) is 1. The number of fused-ring (bicyclic) bond motifs is 4. The van der Waals surface area contributed by atoms with Crippen LogP contribution >= 0.6 is 11.6 Å². The predicted octanol–water partition coefficient (Wildman–Crippen LogP) is 6.24. The quantitative estimate of drug-likeness (QED) is 0.370. The van der Waals surface area contributed by atoms with Crippen LogP contribution in [0.4, 0.5) is 5.69 Å². The molecule has 5 aliphatic rings. The molecule has 1 saturated heterocycles. The Morgan fingerprint density at radius 3 is 2.53 bits per heavy atom. The molecule has 1 saturated carbocycles. The van der Waals surface area contributed by atoms with E-state index in [1.54, 1.807) is 6.07 Å². The molecule has 3 heterocycles. The summed E-state index contributed by atoms with van der Waals surface area (Å²) in [6.45, 7) is 9.21. The highest BCUT2D eigenvalue weighted by Gasteiger charge is 2.44. The number of amides is 1. The van der Waals surface area contributed by atoms with Gasteiger partial charge < -0.3 is 24.2 Å². The molecule has 7 rings (SSSR count). The molecular formula is C39H55ClN4O4S. The monoisotopic (exact) mass is 710 g/mol. The van der Waals surface area contributed by atoms with Crippen molar-refractivity contribution in [3.63, 3.8) is 0 Å². The molecular weight excluding hydrogens is 656 g/mol. The van der Waals surface area contributed by atoms with Crippen LogP contribution in [-0.2, 0) is 27.6 Å². The molecule has 2 aromatic carbocycles. The van der Waals surface area contributed by atoms with E-state index < -0.39 is 11.0 Å². The van der Waals surface area contributed by atoms with Gasteiger partial charge in [-0.15, -0.1) is 0 Å². The molecule has 2 fully saturated rings. The van der Waals surface area contributed by atoms with Crippen LogP contribution < -0.4 is 14.4 Å². The van der Waals surface area contributed by atoms with E-state index in [4.69, 9.17) is 21.1 Å². The van der Waals surface area contributed by atoms with Crippen molar-refractivity contribution < 1.29 is 18.5 Å². The summed E-state index contributed by atoms with van der Waals surface area (Å²) >= 11 is 6.42. The minimum absolute atomic E-state index is 0.0625. The number of rotatable bonds is 2. The fourth-order valence-corrected chi connectivity index (χ4v) is 9.62. The van der Waals surface area contributed by atoms with Crippen LogP contribution in [-0.4, -0.2) is 98.4 Å². The van der Waals surface area contributed by atoms with Crippen LogP contribution in [0.25, 0.3) is 0 Å². The molecule has 3 aliphatic heterocycles. The second kappa shape index (κ2) is 16.3. The van der Waals surface area contributed by atoms with Gasteiger partial charge in [0.2, 0.25) is 0 Å². The van der Waals surface area contributed by atoms with Crippen molar-refractivity contribution in [3.8, 4) is 5.75 Å². The molecule has 2 aliphatic carbocycles. The normalized spacial score (nSPS) is 31.5. The first-order chi connectivity index (χ1) is 23.7. The van der Waals surface area contributed by atoms with Gasteiger partial charge in [0.1, 0.15) is 16.7 Å². The second-order valence-corrected chi connectivity index (χ2v) is 16.8. The van der Waals surface area contributed by atoms with E-state index in [0.29, 0.717) is 24.0 Å². The topological polar surface area (TPSA) is 74.3 Å². The maximum atomic E-state index is 13.3. The summed E-state index contributed by atoms with van der Waals surface area (Å²) in [6, 6.07) is 12.0. The number of aryl methyl sites for hydroxylation is 1. The number of methoxy groups -OCH3 is 1. The lowest BCUT2D eigenvalue weighted by molar-refractivity contribution is 0.0132. The van der Waals surface area contributed by atoms with Gasteiger partial charge in [-0.05, 0) is 119 Å². The van der Waals surface area contributed by atoms with Crippen LogP contribution in [0.2, 0.25) is 5.02 Å². The summed E-state index contributed by atoms with van der Waals surface area (Å²) in [5.41, 5.74) is 3.92. The van der Waals surface area contributed by atoms with Crippen molar-refractivity contribution in [2.75, 3.05) is 72.0 Å². The van der Waals surface area contributed by atoms with E-state index >= 15 is 0 Å². The van der Waals surface area contributed by atoms with Crippen molar-refractivity contribution in [2.45, 2.75) is 75.1 Å². The first-order valence-electron chi connectivity index (χ1n) is 18.3. The first-order valence-corrected chi connectivity index (χ1v) is 19.9. The fraction of sp³-hybridized carbons (Fsp3) is 0.615. The van der Waals surface area contributed by atoms with Crippen molar-refractivity contribution in [2.24, 2.45) is 11.8 Å². The minimum Gasteiger partial charge on any atom is -0.490 e. The number of anilines is 1. The van der Waals surface area contributed by atoms with Gasteiger partial charge in [-0.1, -0.05) is 36.7 Å². The summed E-state index contributed by atoms with van der Waals surface area (Å²) in [6.07, 6.45) is 12.2. The number of carbonyl (C=O) groups is 1. The predicted molar refractivity (Wildman–Crippen MR) is 200 cm³/mol. The summed E-state index contributed by atoms with van der Waals surface area (Å²) < 4.78 is 28.5. The van der Waals surface area contributed by atoms with Crippen molar-refractivity contribution in [1.82, 2.24) is 14.5 Å². The molecule has 1 amide bonds. The third-order valence-electron chi connectivity index (χ3n) is 11.6. The third kappa shape index (κ3) is 8.39. The van der Waals surface area contributed by atoms with E-state index in [-0.39, 0.29) is 22.7 Å². The van der Waals surface area contributed by atoms with Gasteiger partial charge in [-0.3, -0.25) is 9.52 Å². The zero-order chi connectivity index (χ0) is 34.5. The number of piperazine rings is 1. The standard InChI is InChI=1S/C33H41ClN2O4S.C6H14N2/c1-3-26-8-4-5-9-30(39-2)27-13-10-24(27)19-36-20-33(16-6-7-22-17-25(34)12-14-28(22)33)21-40-31-15-11-23(18-29(31)36)32(37)35-41(26)38;1-7-3-5-8(2)6-4-7/h5,9,11-12,14-15,17-18,24,26-27,30H,3-4,6-8,10,13,16,19-21H2,1-2H3,(H,35,37);3-6H2,1-2H3/b9-5+;/t24?,26?,27?,30?,33-,41?;/m0./s1. The van der Waals surface area contributed by atoms with E-state index in [0.717, 1.165) is 80.9 Å². The van der Waals surface area contributed by atoms with Gasteiger partial charge in [0.05, 0.1) is 23.6 Å². The zero-order valence-electron chi connectivity index (χ0n) is 29.8. The van der Waals surface area contributed by atoms with Gasteiger partial charge >= 0.3 is 0 Å². The molecule has 2 bridgehead atoms. The van der Waals surface area contributed by atoms with Gasteiger partial charge in [0, 0.05) is 62.4 Å². The average molecular weight is 711 g/mol. The highest BCUT2D eigenvalue weighted by Crippen LogP contribution is 2.47. The maximum Gasteiger partial charge on any atom is 0.263 e. The smallest absolute Gasteiger partial charge is 0.263 e. The van der Waals surface area contributed by atoms with Crippen LogP contribution in [0, 0.1) is 11.8 Å². The van der Waals surface area contributed by atoms with E-state index in [1.807, 2.05) is 32.2 Å². The van der Waals surface area contributed by atoms with Gasteiger partial charge in [-0.25, -0.2) is 4.21 Å². The van der Waals surface area contributed by atoms with Crippen LogP contribution in [0.15, 0.2) is 48.6 Å². The molecule has 10 heteroatoms. The van der Waals surface area contributed by atoms with Crippen molar-refractivity contribution in [1.29, 1.82) is 0 Å². The molecule has 1 N–H and O–H groups in total. The third-order valence-corrected chi connectivity index (χ3v) is 13.4. The fourth-order valence-electron chi connectivity index (χ4n) is 8.30. The molecule has 5 unspecified atom stereocenters. The lowest BCUT2D eigenvalue weighted by Crippen LogP contribution is -2.49. The Hall–Kier alpha value is -2.43. The average Bonchev–Trinajstić information content (AvgIpc) is 3.23. The van der Waals surface area contributed by atoms with E-state index in [1.165, 1.54) is 37.3 Å². The van der Waals surface area contributed by atoms with Crippen LogP contribution in [0.5, 0.6) is 5.75 Å². The molecule has 49 heavy (non-hydrogen) atoms. The van der Waals surface area contributed by atoms with Crippen LogP contribution in [0.3, 0.4) is 0 Å². The zero-order valence-corrected chi connectivity index (χ0v) is 31.4.